The predicted octanol–water partition coefficient (Wildman–Crippen LogP) is 0.518. The summed E-state index contributed by atoms with van der Waals surface area (Å²) in [6, 6.07) is 1.62. The molecule has 1 rings (SSSR count). The summed E-state index contributed by atoms with van der Waals surface area (Å²) in [6.07, 6.45) is 0.879. The van der Waals surface area contributed by atoms with Crippen molar-refractivity contribution in [3.8, 4) is 0 Å². The normalized spacial score (nSPS) is 12.5. The molecule has 3 N–H and O–H groups in total. The first-order chi connectivity index (χ1) is 6.67. The number of carbonyl (C=O) groups is 1. The molecule has 5 heteroatoms. The van der Waals surface area contributed by atoms with Gasteiger partial charge >= 0.3 is 0 Å². The van der Waals surface area contributed by atoms with Crippen LogP contribution in [0.5, 0.6) is 0 Å². The third kappa shape index (κ3) is 2.56. The Balaban J connectivity index is 2.56. The second-order valence-corrected chi connectivity index (χ2v) is 3.13. The van der Waals surface area contributed by atoms with E-state index in [1.165, 1.54) is 0 Å². The van der Waals surface area contributed by atoms with Crippen LogP contribution in [0.25, 0.3) is 0 Å². The van der Waals surface area contributed by atoms with E-state index in [0.717, 1.165) is 12.1 Å². The van der Waals surface area contributed by atoms with Crippen molar-refractivity contribution in [3.63, 3.8) is 0 Å². The Labute approximate surface area is 83.3 Å². The molecule has 1 atom stereocenters. The molecule has 0 radical (unpaired) electrons. The van der Waals surface area contributed by atoms with Gasteiger partial charge in [0.25, 0.3) is 0 Å². The van der Waals surface area contributed by atoms with Crippen LogP contribution in [-0.2, 0) is 11.2 Å². The van der Waals surface area contributed by atoms with E-state index >= 15 is 0 Å². The van der Waals surface area contributed by atoms with Gasteiger partial charge in [0.15, 0.2) is 5.82 Å². The lowest BCUT2D eigenvalue weighted by Gasteiger charge is -2.08. The summed E-state index contributed by atoms with van der Waals surface area (Å²) in [5, 5.41) is 12.4. The number of nitrogens with zero attached hydrogens (tertiary/aromatic N) is 1. The van der Waals surface area contributed by atoms with Crippen molar-refractivity contribution >= 4 is 11.7 Å². The van der Waals surface area contributed by atoms with Crippen molar-refractivity contribution in [2.24, 2.45) is 0 Å². The molecule has 0 bridgehead atoms. The molecule has 5 nitrogen and oxygen atoms in total. The molecule has 14 heavy (non-hydrogen) atoms. The Hall–Kier alpha value is -1.36. The Bertz CT molecular complexity index is 308. The highest BCUT2D eigenvalue weighted by atomic mass is 16.2. The summed E-state index contributed by atoms with van der Waals surface area (Å²) < 4.78 is 0. The predicted molar refractivity (Wildman–Crippen MR) is 55.1 cm³/mol. The molecule has 0 aromatic carbocycles. The summed E-state index contributed by atoms with van der Waals surface area (Å²) >= 11 is 0. The second kappa shape index (κ2) is 4.76. The fraction of sp³-hybridized carbons (Fsp3) is 0.556. The van der Waals surface area contributed by atoms with Gasteiger partial charge in [0.1, 0.15) is 0 Å². The minimum absolute atomic E-state index is 0.0818. The number of likely N-dealkylation sites (N-methyl/N-ethyl adjacent to an activating group) is 1. The highest BCUT2D eigenvalue weighted by Gasteiger charge is 2.11. The van der Waals surface area contributed by atoms with E-state index < -0.39 is 0 Å². The quantitative estimate of drug-likeness (QED) is 0.657. The van der Waals surface area contributed by atoms with Crippen LogP contribution in [0.3, 0.4) is 0 Å². The van der Waals surface area contributed by atoms with E-state index in [1.54, 1.807) is 14.0 Å². The van der Waals surface area contributed by atoms with Gasteiger partial charge in [0, 0.05) is 11.8 Å². The van der Waals surface area contributed by atoms with Crippen LogP contribution in [-0.4, -0.2) is 29.2 Å². The highest BCUT2D eigenvalue weighted by Crippen LogP contribution is 2.05. The lowest BCUT2D eigenvalue weighted by molar-refractivity contribution is -0.117. The molecule has 0 saturated carbocycles. The zero-order valence-corrected chi connectivity index (χ0v) is 8.72. The van der Waals surface area contributed by atoms with Gasteiger partial charge in [-0.25, -0.2) is 0 Å². The lowest BCUT2D eigenvalue weighted by Crippen LogP contribution is -2.35. The van der Waals surface area contributed by atoms with Crippen LogP contribution in [0.2, 0.25) is 0 Å². The Morgan fingerprint density at radius 2 is 2.43 bits per heavy atom. The first kappa shape index (κ1) is 10.7. The van der Waals surface area contributed by atoms with Crippen LogP contribution in [0.1, 0.15) is 19.5 Å². The van der Waals surface area contributed by atoms with Gasteiger partial charge in [-0.2, -0.15) is 5.10 Å². The standard InChI is InChI=1S/C9H16N4O/c1-4-7-5-8(13-12-7)11-9(14)6(2)10-3/h5-6,10H,4H2,1-3H3,(H2,11,12,13,14). The lowest BCUT2D eigenvalue weighted by atomic mass is 10.3. The van der Waals surface area contributed by atoms with Crippen molar-refractivity contribution in [1.29, 1.82) is 0 Å². The van der Waals surface area contributed by atoms with Crippen molar-refractivity contribution in [2.75, 3.05) is 12.4 Å². The number of aromatic amines is 1. The molecule has 0 aliphatic heterocycles. The molecular weight excluding hydrogens is 180 g/mol. The Morgan fingerprint density at radius 3 is 2.93 bits per heavy atom. The molecule has 78 valence electrons. The maximum absolute atomic E-state index is 11.4. The van der Waals surface area contributed by atoms with Crippen LogP contribution >= 0.6 is 0 Å². The van der Waals surface area contributed by atoms with Crippen LogP contribution in [0.4, 0.5) is 5.82 Å². The van der Waals surface area contributed by atoms with Crippen LogP contribution in [0, 0.1) is 0 Å². The maximum atomic E-state index is 11.4. The molecular formula is C9H16N4O. The molecule has 0 fully saturated rings. The molecule has 1 aromatic heterocycles. The number of anilines is 1. The molecule has 0 aliphatic rings. The Morgan fingerprint density at radius 1 is 1.71 bits per heavy atom. The van der Waals surface area contributed by atoms with Crippen LogP contribution in [0.15, 0.2) is 6.07 Å². The number of aromatic nitrogens is 2. The largest absolute Gasteiger partial charge is 0.309 e. The molecule has 0 aliphatic carbocycles. The van der Waals surface area contributed by atoms with Gasteiger partial charge < -0.3 is 10.6 Å². The van der Waals surface area contributed by atoms with E-state index in [9.17, 15) is 4.79 Å². The monoisotopic (exact) mass is 196 g/mol. The number of amides is 1. The van der Waals surface area contributed by atoms with Crippen molar-refractivity contribution in [1.82, 2.24) is 15.5 Å². The van der Waals surface area contributed by atoms with Gasteiger partial charge in [0.05, 0.1) is 6.04 Å². The van der Waals surface area contributed by atoms with E-state index in [1.807, 2.05) is 13.0 Å². The number of hydrogen-bond donors (Lipinski definition) is 3. The summed E-state index contributed by atoms with van der Waals surface area (Å²) in [4.78, 5) is 11.4. The van der Waals surface area contributed by atoms with Gasteiger partial charge in [-0.05, 0) is 20.4 Å². The minimum Gasteiger partial charge on any atom is -0.309 e. The van der Waals surface area contributed by atoms with E-state index in [2.05, 4.69) is 20.8 Å². The molecule has 0 spiro atoms. The molecule has 1 unspecified atom stereocenters. The maximum Gasteiger partial charge on any atom is 0.242 e. The number of rotatable bonds is 4. The zero-order valence-electron chi connectivity index (χ0n) is 8.72. The Kier molecular flexibility index (Phi) is 3.64. The summed E-state index contributed by atoms with van der Waals surface area (Å²) in [7, 11) is 1.74. The summed E-state index contributed by atoms with van der Waals surface area (Å²) in [5.41, 5.74) is 1.01. The third-order valence-corrected chi connectivity index (χ3v) is 2.09. The zero-order chi connectivity index (χ0) is 10.6. The average Bonchev–Trinajstić information content (AvgIpc) is 2.64. The number of carbonyl (C=O) groups excluding carboxylic acids is 1. The molecule has 1 aromatic rings. The van der Waals surface area contributed by atoms with Crippen molar-refractivity contribution in [3.05, 3.63) is 11.8 Å². The number of hydrogen-bond acceptors (Lipinski definition) is 3. The average molecular weight is 196 g/mol. The number of aryl methyl sites for hydroxylation is 1. The number of H-pyrrole nitrogens is 1. The topological polar surface area (TPSA) is 69.8 Å². The van der Waals surface area contributed by atoms with Crippen LogP contribution < -0.4 is 10.6 Å². The molecule has 1 amide bonds. The fourth-order valence-electron chi connectivity index (χ4n) is 0.972. The van der Waals surface area contributed by atoms with E-state index in [-0.39, 0.29) is 11.9 Å². The van der Waals surface area contributed by atoms with Gasteiger partial charge in [-0.15, -0.1) is 0 Å². The van der Waals surface area contributed by atoms with E-state index in [0.29, 0.717) is 5.82 Å². The SMILES string of the molecule is CCc1cc(NC(=O)C(C)NC)n[nH]1. The fourth-order valence-corrected chi connectivity index (χ4v) is 0.972. The van der Waals surface area contributed by atoms with Crippen molar-refractivity contribution in [2.45, 2.75) is 26.3 Å². The van der Waals surface area contributed by atoms with Gasteiger partial charge in [-0.3, -0.25) is 9.89 Å². The highest BCUT2D eigenvalue weighted by molar-refractivity contribution is 5.93. The molecule has 0 saturated heterocycles. The summed E-state index contributed by atoms with van der Waals surface area (Å²) in [6.45, 7) is 3.82. The minimum atomic E-state index is -0.211. The van der Waals surface area contributed by atoms with Gasteiger partial charge in [0.2, 0.25) is 5.91 Å². The first-order valence-corrected chi connectivity index (χ1v) is 4.69. The number of nitrogens with one attached hydrogen (secondary N) is 3. The van der Waals surface area contributed by atoms with Gasteiger partial charge in [-0.1, -0.05) is 6.92 Å². The van der Waals surface area contributed by atoms with E-state index in [4.69, 9.17) is 0 Å². The smallest absolute Gasteiger partial charge is 0.242 e. The summed E-state index contributed by atoms with van der Waals surface area (Å²) in [5.74, 6) is 0.496. The molecule has 1 heterocycles. The van der Waals surface area contributed by atoms with Crippen molar-refractivity contribution < 1.29 is 4.79 Å². The third-order valence-electron chi connectivity index (χ3n) is 2.09. The second-order valence-electron chi connectivity index (χ2n) is 3.13. The first-order valence-electron chi connectivity index (χ1n) is 4.69.